The molecular weight excluding hydrogens is 334 g/mol. The zero-order valence-corrected chi connectivity index (χ0v) is 15.3. The summed E-state index contributed by atoms with van der Waals surface area (Å²) in [4.78, 5) is 28.1. The van der Waals surface area contributed by atoms with Crippen LogP contribution in [0.3, 0.4) is 0 Å². The number of rotatable bonds is 6. The summed E-state index contributed by atoms with van der Waals surface area (Å²) in [6, 6.07) is 7.11. The number of benzene rings is 1. The van der Waals surface area contributed by atoms with Gasteiger partial charge in [-0.15, -0.1) is 0 Å². The Kier molecular flexibility index (Phi) is 5.90. The third-order valence-corrected chi connectivity index (χ3v) is 4.64. The molecule has 0 saturated carbocycles. The van der Waals surface area contributed by atoms with E-state index in [-0.39, 0.29) is 11.5 Å². The average Bonchev–Trinajstić information content (AvgIpc) is 2.63. The van der Waals surface area contributed by atoms with E-state index in [0.29, 0.717) is 31.0 Å². The van der Waals surface area contributed by atoms with Crippen LogP contribution in [0.25, 0.3) is 11.0 Å². The van der Waals surface area contributed by atoms with E-state index in [2.05, 4.69) is 15.1 Å². The van der Waals surface area contributed by atoms with E-state index in [4.69, 9.17) is 9.15 Å². The molecule has 1 fully saturated rings. The van der Waals surface area contributed by atoms with E-state index < -0.39 is 0 Å². The minimum absolute atomic E-state index is 0.0709. The molecule has 0 aliphatic carbocycles. The van der Waals surface area contributed by atoms with E-state index in [1.807, 2.05) is 19.1 Å². The van der Waals surface area contributed by atoms with Gasteiger partial charge in [-0.2, -0.15) is 0 Å². The van der Waals surface area contributed by atoms with Gasteiger partial charge in [0.25, 0.3) is 0 Å². The number of fused-ring (bicyclic) bond motifs is 1. The smallest absolute Gasteiger partial charge is 0.336 e. The number of nitrogens with zero attached hydrogens (tertiary/aromatic N) is 2. The SMILES string of the molecule is CCNC(=O)CN1CCN(Cc2cc(=O)oc3cc(OC)ccc23)CC1. The maximum atomic E-state index is 11.9. The first-order chi connectivity index (χ1) is 12.6. The van der Waals surface area contributed by atoms with Crippen molar-refractivity contribution < 1.29 is 13.9 Å². The zero-order valence-electron chi connectivity index (χ0n) is 15.3. The monoisotopic (exact) mass is 359 g/mol. The predicted octanol–water partition coefficient (Wildman–Crippen LogP) is 1.06. The van der Waals surface area contributed by atoms with Crippen LogP contribution in [-0.2, 0) is 11.3 Å². The second-order valence-electron chi connectivity index (χ2n) is 6.46. The number of piperazine rings is 1. The lowest BCUT2D eigenvalue weighted by atomic mass is 10.1. The summed E-state index contributed by atoms with van der Waals surface area (Å²) < 4.78 is 10.5. The molecule has 3 rings (SSSR count). The summed E-state index contributed by atoms with van der Waals surface area (Å²) in [7, 11) is 1.59. The molecule has 0 atom stereocenters. The van der Waals surface area contributed by atoms with E-state index >= 15 is 0 Å². The fourth-order valence-electron chi connectivity index (χ4n) is 3.27. The van der Waals surface area contributed by atoms with Crippen molar-refractivity contribution in [2.75, 3.05) is 46.4 Å². The van der Waals surface area contributed by atoms with Crippen LogP contribution in [0.5, 0.6) is 5.75 Å². The third-order valence-electron chi connectivity index (χ3n) is 4.64. The molecule has 7 heteroatoms. The van der Waals surface area contributed by atoms with Gasteiger partial charge in [-0.1, -0.05) is 0 Å². The number of hydrogen-bond donors (Lipinski definition) is 1. The van der Waals surface area contributed by atoms with E-state index in [1.165, 1.54) is 0 Å². The second kappa shape index (κ2) is 8.33. The van der Waals surface area contributed by atoms with Crippen LogP contribution < -0.4 is 15.7 Å². The Bertz CT molecular complexity index is 825. The molecule has 1 saturated heterocycles. The first-order valence-electron chi connectivity index (χ1n) is 8.91. The van der Waals surface area contributed by atoms with E-state index in [1.54, 1.807) is 19.2 Å². The molecule has 1 N–H and O–H groups in total. The Hall–Kier alpha value is -2.38. The van der Waals surface area contributed by atoms with Gasteiger partial charge in [-0.3, -0.25) is 14.6 Å². The minimum Gasteiger partial charge on any atom is -0.497 e. The molecule has 1 aromatic carbocycles. The van der Waals surface area contributed by atoms with Gasteiger partial charge in [0.05, 0.1) is 13.7 Å². The first-order valence-corrected chi connectivity index (χ1v) is 8.91. The Morgan fingerprint density at radius 1 is 1.19 bits per heavy atom. The molecule has 1 aliphatic heterocycles. The van der Waals surface area contributed by atoms with Crippen LogP contribution in [0.4, 0.5) is 0 Å². The second-order valence-corrected chi connectivity index (χ2v) is 6.46. The lowest BCUT2D eigenvalue weighted by molar-refractivity contribution is -0.122. The summed E-state index contributed by atoms with van der Waals surface area (Å²) >= 11 is 0. The van der Waals surface area contributed by atoms with Crippen LogP contribution >= 0.6 is 0 Å². The van der Waals surface area contributed by atoms with Crippen molar-refractivity contribution in [2.24, 2.45) is 0 Å². The maximum Gasteiger partial charge on any atom is 0.336 e. The number of ether oxygens (including phenoxy) is 1. The fraction of sp³-hybridized carbons (Fsp3) is 0.474. The number of hydrogen-bond acceptors (Lipinski definition) is 6. The highest BCUT2D eigenvalue weighted by Crippen LogP contribution is 2.23. The number of nitrogens with one attached hydrogen (secondary N) is 1. The van der Waals surface area contributed by atoms with Crippen LogP contribution in [0.1, 0.15) is 12.5 Å². The molecule has 1 amide bonds. The van der Waals surface area contributed by atoms with Crippen molar-refractivity contribution in [1.82, 2.24) is 15.1 Å². The fourth-order valence-corrected chi connectivity index (χ4v) is 3.27. The van der Waals surface area contributed by atoms with Crippen molar-refractivity contribution in [3.63, 3.8) is 0 Å². The van der Waals surface area contributed by atoms with Crippen LogP contribution in [0, 0.1) is 0 Å². The lowest BCUT2D eigenvalue weighted by Crippen LogP contribution is -2.49. The summed E-state index contributed by atoms with van der Waals surface area (Å²) in [6.45, 7) is 7.10. The summed E-state index contributed by atoms with van der Waals surface area (Å²) in [5.74, 6) is 0.735. The van der Waals surface area contributed by atoms with Crippen LogP contribution in [-0.4, -0.2) is 62.1 Å². The molecule has 1 aliphatic rings. The van der Waals surface area contributed by atoms with Crippen LogP contribution in [0.2, 0.25) is 0 Å². The number of likely N-dealkylation sites (N-methyl/N-ethyl adjacent to an activating group) is 1. The van der Waals surface area contributed by atoms with Crippen molar-refractivity contribution in [2.45, 2.75) is 13.5 Å². The van der Waals surface area contributed by atoms with Gasteiger partial charge in [-0.05, 0) is 24.6 Å². The van der Waals surface area contributed by atoms with Gasteiger partial charge in [0.15, 0.2) is 0 Å². The average molecular weight is 359 g/mol. The lowest BCUT2D eigenvalue weighted by Gasteiger charge is -2.34. The molecule has 1 aromatic heterocycles. The Labute approximate surface area is 152 Å². The van der Waals surface area contributed by atoms with Gasteiger partial charge in [0, 0.05) is 56.8 Å². The van der Waals surface area contributed by atoms with Crippen molar-refractivity contribution in [3.05, 3.63) is 40.2 Å². The molecule has 0 unspecified atom stereocenters. The third kappa shape index (κ3) is 4.42. The molecule has 0 bridgehead atoms. The van der Waals surface area contributed by atoms with Crippen LogP contribution in [0.15, 0.2) is 33.5 Å². The van der Waals surface area contributed by atoms with Gasteiger partial charge < -0.3 is 14.5 Å². The number of carbonyl (C=O) groups excluding carboxylic acids is 1. The number of amides is 1. The van der Waals surface area contributed by atoms with E-state index in [9.17, 15) is 9.59 Å². The highest BCUT2D eigenvalue weighted by atomic mass is 16.5. The number of carbonyl (C=O) groups is 1. The topological polar surface area (TPSA) is 75.0 Å². The molecular formula is C19H25N3O4. The molecule has 7 nitrogen and oxygen atoms in total. The Balaban J connectivity index is 1.67. The predicted molar refractivity (Wildman–Crippen MR) is 99.4 cm³/mol. The highest BCUT2D eigenvalue weighted by Gasteiger charge is 2.20. The maximum absolute atomic E-state index is 11.9. The zero-order chi connectivity index (χ0) is 18.5. The molecule has 2 aromatic rings. The summed E-state index contributed by atoms with van der Waals surface area (Å²) in [6.07, 6.45) is 0. The van der Waals surface area contributed by atoms with Gasteiger partial charge in [0.2, 0.25) is 5.91 Å². The number of methoxy groups -OCH3 is 1. The molecule has 0 spiro atoms. The Morgan fingerprint density at radius 2 is 1.92 bits per heavy atom. The van der Waals surface area contributed by atoms with E-state index in [0.717, 1.165) is 37.1 Å². The highest BCUT2D eigenvalue weighted by molar-refractivity contribution is 5.81. The Morgan fingerprint density at radius 3 is 2.62 bits per heavy atom. The molecule has 26 heavy (non-hydrogen) atoms. The van der Waals surface area contributed by atoms with Crippen molar-refractivity contribution in [3.8, 4) is 5.75 Å². The van der Waals surface area contributed by atoms with Gasteiger partial charge in [-0.25, -0.2) is 4.79 Å². The normalized spacial score (nSPS) is 15.9. The minimum atomic E-state index is -0.351. The quantitative estimate of drug-likeness (QED) is 0.778. The van der Waals surface area contributed by atoms with Crippen molar-refractivity contribution >= 4 is 16.9 Å². The molecule has 0 radical (unpaired) electrons. The van der Waals surface area contributed by atoms with Gasteiger partial charge >= 0.3 is 5.63 Å². The summed E-state index contributed by atoms with van der Waals surface area (Å²) in [5.41, 5.74) is 1.15. The molecule has 2 heterocycles. The van der Waals surface area contributed by atoms with Gasteiger partial charge in [0.1, 0.15) is 11.3 Å². The molecule has 140 valence electrons. The largest absolute Gasteiger partial charge is 0.497 e. The summed E-state index contributed by atoms with van der Waals surface area (Å²) in [5, 5.41) is 3.76. The van der Waals surface area contributed by atoms with Crippen molar-refractivity contribution in [1.29, 1.82) is 0 Å². The standard InChI is InChI=1S/C19H25N3O4/c1-3-20-18(23)13-22-8-6-21(7-9-22)12-14-10-19(24)26-17-11-15(25-2)4-5-16(14)17/h4-5,10-11H,3,6-9,12-13H2,1-2H3,(H,20,23). The first kappa shape index (κ1) is 18.4.